The van der Waals surface area contributed by atoms with E-state index in [0.29, 0.717) is 0 Å². The Labute approximate surface area is 181 Å². The van der Waals surface area contributed by atoms with Crippen LogP contribution in [-0.4, -0.2) is 36.5 Å². The lowest BCUT2D eigenvalue weighted by molar-refractivity contribution is -0.122. The van der Waals surface area contributed by atoms with Gasteiger partial charge in [0.15, 0.2) is 0 Å². The van der Waals surface area contributed by atoms with Gasteiger partial charge in [0, 0.05) is 36.8 Å². The van der Waals surface area contributed by atoms with E-state index < -0.39 is 0 Å². The molecule has 0 bridgehead atoms. The lowest BCUT2D eigenvalue weighted by Crippen LogP contribution is -2.40. The van der Waals surface area contributed by atoms with Gasteiger partial charge in [0.2, 0.25) is 5.91 Å². The van der Waals surface area contributed by atoms with Crippen molar-refractivity contribution in [3.63, 3.8) is 0 Å². The molecule has 158 valence electrons. The van der Waals surface area contributed by atoms with Gasteiger partial charge >= 0.3 is 0 Å². The fraction of sp³-hybridized carbons (Fsp3) is 0.269. The Bertz CT molecular complexity index is 1040. The van der Waals surface area contributed by atoms with Crippen LogP contribution >= 0.6 is 0 Å². The minimum atomic E-state index is -0.366. The molecule has 2 aliphatic heterocycles. The van der Waals surface area contributed by atoms with Gasteiger partial charge in [0.05, 0.1) is 5.92 Å². The molecule has 1 N–H and O–H groups in total. The monoisotopic (exact) mass is 416 g/mol. The summed E-state index contributed by atoms with van der Waals surface area (Å²) in [6.45, 7) is 2.69. The van der Waals surface area contributed by atoms with E-state index >= 15 is 0 Å². The Balaban J connectivity index is 1.24. The zero-order valence-corrected chi connectivity index (χ0v) is 17.3. The maximum atomic E-state index is 13.4. The average molecular weight is 416 g/mol. The van der Waals surface area contributed by atoms with Crippen LogP contribution in [0.15, 0.2) is 72.8 Å². The van der Waals surface area contributed by atoms with E-state index in [2.05, 4.69) is 10.2 Å². The van der Waals surface area contributed by atoms with Gasteiger partial charge in [-0.25, -0.2) is 4.39 Å². The van der Waals surface area contributed by atoms with Crippen molar-refractivity contribution in [2.75, 3.05) is 19.6 Å². The Hall–Kier alpha value is -3.18. The Morgan fingerprint density at radius 1 is 0.968 bits per heavy atom. The molecule has 0 saturated carbocycles. The van der Waals surface area contributed by atoms with E-state index in [-0.39, 0.29) is 23.7 Å². The lowest BCUT2D eigenvalue weighted by Gasteiger charge is -2.28. The summed E-state index contributed by atoms with van der Waals surface area (Å²) in [7, 11) is 0. The number of amides is 1. The Morgan fingerprint density at radius 3 is 2.29 bits per heavy atom. The molecule has 1 amide bonds. The summed E-state index contributed by atoms with van der Waals surface area (Å²) in [4.78, 5) is 15.7. The molecule has 5 rings (SSSR count). The molecule has 3 aromatic carbocycles. The number of nitrogens with zero attached hydrogens (tertiary/aromatic N) is 1. The summed E-state index contributed by atoms with van der Waals surface area (Å²) < 4.78 is 19.1. The molecule has 4 nitrogen and oxygen atoms in total. The maximum absolute atomic E-state index is 13.4. The highest BCUT2D eigenvalue weighted by Gasteiger charge is 2.34. The summed E-state index contributed by atoms with van der Waals surface area (Å²) in [6.07, 6.45) is 1.81. The molecular formula is C26H25FN2O2. The molecule has 0 aromatic heterocycles. The van der Waals surface area contributed by atoms with Gasteiger partial charge in [0.1, 0.15) is 17.3 Å². The average Bonchev–Trinajstić information content (AvgIpc) is 3.24. The van der Waals surface area contributed by atoms with E-state index in [1.54, 1.807) is 0 Å². The molecule has 0 spiro atoms. The van der Waals surface area contributed by atoms with Crippen LogP contribution in [0.3, 0.4) is 0 Å². The minimum absolute atomic E-state index is 0.0218. The highest BCUT2D eigenvalue weighted by molar-refractivity contribution is 5.89. The third kappa shape index (κ3) is 4.19. The standard InChI is InChI=1S/C26H25FN2O2/c27-19-11-9-18(10-12-19)13-15-29-16-14-20(17-29)28-26(30)25-21-5-1-3-7-23(21)31-24-8-4-2-6-22(24)25/h1-12,20,25H,13-17H2,(H,28,30)/t20-/m0/s1. The van der Waals surface area contributed by atoms with Crippen LogP contribution in [-0.2, 0) is 11.2 Å². The molecule has 1 atom stereocenters. The van der Waals surface area contributed by atoms with Crippen molar-refractivity contribution in [1.82, 2.24) is 10.2 Å². The number of hydrogen-bond donors (Lipinski definition) is 1. The van der Waals surface area contributed by atoms with Crippen molar-refractivity contribution >= 4 is 5.91 Å². The van der Waals surface area contributed by atoms with Crippen molar-refractivity contribution in [2.24, 2.45) is 0 Å². The van der Waals surface area contributed by atoms with Crippen LogP contribution in [0.1, 0.15) is 29.0 Å². The van der Waals surface area contributed by atoms with Crippen LogP contribution in [0, 0.1) is 5.82 Å². The molecular weight excluding hydrogens is 391 g/mol. The smallest absolute Gasteiger partial charge is 0.232 e. The van der Waals surface area contributed by atoms with E-state index in [4.69, 9.17) is 4.74 Å². The molecule has 0 unspecified atom stereocenters. The highest BCUT2D eigenvalue weighted by atomic mass is 19.1. The van der Waals surface area contributed by atoms with Crippen molar-refractivity contribution < 1.29 is 13.9 Å². The zero-order valence-electron chi connectivity index (χ0n) is 17.3. The number of ether oxygens (including phenoxy) is 1. The van der Waals surface area contributed by atoms with Gasteiger partial charge in [-0.15, -0.1) is 0 Å². The van der Waals surface area contributed by atoms with E-state index in [1.165, 1.54) is 12.1 Å². The van der Waals surface area contributed by atoms with Crippen LogP contribution in [0.5, 0.6) is 11.5 Å². The van der Waals surface area contributed by atoms with E-state index in [9.17, 15) is 9.18 Å². The van der Waals surface area contributed by atoms with E-state index in [0.717, 1.165) is 60.7 Å². The van der Waals surface area contributed by atoms with Crippen LogP contribution in [0.25, 0.3) is 0 Å². The predicted molar refractivity (Wildman–Crippen MR) is 118 cm³/mol. The first-order chi connectivity index (χ1) is 15.2. The Kier molecular flexibility index (Phi) is 5.43. The molecule has 5 heteroatoms. The summed E-state index contributed by atoms with van der Waals surface area (Å²) >= 11 is 0. The molecule has 1 fully saturated rings. The quantitative estimate of drug-likeness (QED) is 0.666. The third-order valence-electron chi connectivity index (χ3n) is 6.19. The summed E-state index contributed by atoms with van der Waals surface area (Å²) in [5.74, 6) is 0.939. The number of likely N-dealkylation sites (tertiary alicyclic amines) is 1. The second-order valence-corrected chi connectivity index (χ2v) is 8.28. The number of halogens is 1. The van der Waals surface area contributed by atoms with Crippen molar-refractivity contribution in [3.8, 4) is 11.5 Å². The van der Waals surface area contributed by atoms with E-state index in [1.807, 2.05) is 60.7 Å². The van der Waals surface area contributed by atoms with Gasteiger partial charge < -0.3 is 15.0 Å². The molecule has 2 aliphatic rings. The Morgan fingerprint density at radius 2 is 1.61 bits per heavy atom. The first-order valence-electron chi connectivity index (χ1n) is 10.8. The predicted octanol–water partition coefficient (Wildman–Crippen LogP) is 4.50. The first-order valence-corrected chi connectivity index (χ1v) is 10.8. The molecule has 0 radical (unpaired) electrons. The third-order valence-corrected chi connectivity index (χ3v) is 6.19. The number of carbonyl (C=O) groups is 1. The van der Waals surface area contributed by atoms with Crippen LogP contribution in [0.2, 0.25) is 0 Å². The minimum Gasteiger partial charge on any atom is -0.457 e. The second-order valence-electron chi connectivity index (χ2n) is 8.28. The normalized spacial score (nSPS) is 18.2. The number of nitrogens with one attached hydrogen (secondary N) is 1. The molecule has 2 heterocycles. The van der Waals surface area contributed by atoms with Crippen molar-refractivity contribution in [2.45, 2.75) is 24.8 Å². The zero-order chi connectivity index (χ0) is 21.2. The van der Waals surface area contributed by atoms with Crippen LogP contribution < -0.4 is 10.1 Å². The summed E-state index contributed by atoms with van der Waals surface area (Å²) in [6, 6.07) is 22.3. The van der Waals surface area contributed by atoms with Crippen molar-refractivity contribution in [1.29, 1.82) is 0 Å². The van der Waals surface area contributed by atoms with Gasteiger partial charge in [-0.1, -0.05) is 48.5 Å². The number of carbonyl (C=O) groups excluding carboxylic acids is 1. The number of fused-ring (bicyclic) bond motifs is 2. The summed E-state index contributed by atoms with van der Waals surface area (Å²) in [5.41, 5.74) is 2.94. The van der Waals surface area contributed by atoms with Gasteiger partial charge in [-0.2, -0.15) is 0 Å². The number of rotatable bonds is 5. The summed E-state index contributed by atoms with van der Waals surface area (Å²) in [5, 5.41) is 3.28. The number of benzene rings is 3. The lowest BCUT2D eigenvalue weighted by atomic mass is 9.87. The van der Waals surface area contributed by atoms with Gasteiger partial charge in [0.25, 0.3) is 0 Å². The molecule has 31 heavy (non-hydrogen) atoms. The SMILES string of the molecule is O=C(N[C@H]1CCN(CCc2ccc(F)cc2)C1)C1c2ccccc2Oc2ccccc21. The second kappa shape index (κ2) is 8.52. The fourth-order valence-electron chi connectivity index (χ4n) is 4.57. The molecule has 3 aromatic rings. The molecule has 1 saturated heterocycles. The molecule has 0 aliphatic carbocycles. The van der Waals surface area contributed by atoms with Crippen LogP contribution in [0.4, 0.5) is 4.39 Å². The van der Waals surface area contributed by atoms with Crippen molar-refractivity contribution in [3.05, 3.63) is 95.3 Å². The van der Waals surface area contributed by atoms with Gasteiger partial charge in [-0.3, -0.25) is 4.79 Å². The highest BCUT2D eigenvalue weighted by Crippen LogP contribution is 2.44. The number of hydrogen-bond acceptors (Lipinski definition) is 3. The number of para-hydroxylation sites is 2. The maximum Gasteiger partial charge on any atom is 0.232 e. The van der Waals surface area contributed by atoms with Gasteiger partial charge in [-0.05, 0) is 42.7 Å². The first kappa shape index (κ1) is 19.8. The topological polar surface area (TPSA) is 41.6 Å². The fourth-order valence-corrected chi connectivity index (χ4v) is 4.57. The largest absolute Gasteiger partial charge is 0.457 e.